The average Bonchev–Trinajstić information content (AvgIpc) is 2.54. The highest BCUT2D eigenvalue weighted by Crippen LogP contribution is 2.35. The van der Waals surface area contributed by atoms with Crippen LogP contribution in [0.3, 0.4) is 0 Å². The fourth-order valence-corrected chi connectivity index (χ4v) is 2.62. The van der Waals surface area contributed by atoms with E-state index in [1.807, 2.05) is 7.05 Å². The first-order chi connectivity index (χ1) is 7.99. The fraction of sp³-hybridized carbons (Fsp3) is 0.467. The van der Waals surface area contributed by atoms with Crippen molar-refractivity contribution in [2.24, 2.45) is 7.05 Å². The zero-order chi connectivity index (χ0) is 12.7. The third-order valence-corrected chi connectivity index (χ3v) is 3.86. The van der Waals surface area contributed by atoms with Crippen LogP contribution in [0.25, 0.3) is 10.9 Å². The second-order valence-electron chi connectivity index (χ2n) is 5.10. The summed E-state index contributed by atoms with van der Waals surface area (Å²) in [5.41, 5.74) is 6.77. The number of aromatic nitrogens is 1. The van der Waals surface area contributed by atoms with Crippen molar-refractivity contribution >= 4 is 16.6 Å². The Morgan fingerprint density at radius 1 is 1.18 bits per heavy atom. The van der Waals surface area contributed by atoms with E-state index in [1.54, 1.807) is 0 Å². The molecule has 0 bridgehead atoms. The van der Waals surface area contributed by atoms with Crippen molar-refractivity contribution in [3.05, 3.63) is 29.0 Å². The van der Waals surface area contributed by atoms with Crippen molar-refractivity contribution in [1.29, 1.82) is 0 Å². The second-order valence-corrected chi connectivity index (χ2v) is 5.10. The van der Waals surface area contributed by atoms with Gasteiger partial charge < -0.3 is 9.88 Å². The van der Waals surface area contributed by atoms with Crippen molar-refractivity contribution in [3.63, 3.8) is 0 Å². The molecule has 0 aliphatic carbocycles. The number of benzene rings is 1. The third kappa shape index (κ3) is 1.63. The van der Waals surface area contributed by atoms with Crippen molar-refractivity contribution in [3.8, 4) is 0 Å². The van der Waals surface area contributed by atoms with Crippen molar-refractivity contribution < 1.29 is 0 Å². The van der Waals surface area contributed by atoms with E-state index in [0.29, 0.717) is 5.92 Å². The minimum absolute atomic E-state index is 0.552. The van der Waals surface area contributed by atoms with Gasteiger partial charge in [0, 0.05) is 30.9 Å². The van der Waals surface area contributed by atoms with E-state index in [4.69, 9.17) is 0 Å². The lowest BCUT2D eigenvalue weighted by molar-refractivity contribution is 0.846. The molecule has 0 aliphatic heterocycles. The molecule has 2 rings (SSSR count). The quantitative estimate of drug-likeness (QED) is 0.826. The lowest BCUT2D eigenvalue weighted by Crippen LogP contribution is -1.98. The molecule has 0 amide bonds. The fourth-order valence-electron chi connectivity index (χ4n) is 2.62. The molecule has 1 aromatic heterocycles. The van der Waals surface area contributed by atoms with Crippen LogP contribution >= 0.6 is 0 Å². The molecule has 0 radical (unpaired) electrons. The van der Waals surface area contributed by atoms with Gasteiger partial charge in [0.25, 0.3) is 0 Å². The third-order valence-electron chi connectivity index (χ3n) is 3.86. The van der Waals surface area contributed by atoms with Gasteiger partial charge in [0.15, 0.2) is 0 Å². The van der Waals surface area contributed by atoms with Crippen molar-refractivity contribution in [2.45, 2.75) is 33.6 Å². The first-order valence-corrected chi connectivity index (χ1v) is 6.25. The van der Waals surface area contributed by atoms with Gasteiger partial charge in [-0.05, 0) is 37.0 Å². The molecule has 1 heterocycles. The number of hydrogen-bond acceptors (Lipinski definition) is 1. The lowest BCUT2D eigenvalue weighted by Gasteiger charge is -2.12. The molecule has 2 nitrogen and oxygen atoms in total. The Balaban J connectivity index is 2.96. The Bertz CT molecular complexity index is 562. The summed E-state index contributed by atoms with van der Waals surface area (Å²) >= 11 is 0. The lowest BCUT2D eigenvalue weighted by atomic mass is 9.98. The number of anilines is 1. The van der Waals surface area contributed by atoms with Gasteiger partial charge in [-0.2, -0.15) is 0 Å². The van der Waals surface area contributed by atoms with E-state index >= 15 is 0 Å². The Hall–Kier alpha value is -1.44. The summed E-state index contributed by atoms with van der Waals surface area (Å²) in [6.07, 6.45) is 0. The first kappa shape index (κ1) is 12.0. The Morgan fingerprint density at radius 3 is 2.35 bits per heavy atom. The molecular weight excluding hydrogens is 208 g/mol. The maximum absolute atomic E-state index is 3.30. The van der Waals surface area contributed by atoms with E-state index in [0.717, 1.165) is 0 Å². The largest absolute Gasteiger partial charge is 0.388 e. The Labute approximate surface area is 104 Å². The molecule has 0 atom stereocenters. The van der Waals surface area contributed by atoms with Gasteiger partial charge in [0.05, 0.1) is 5.52 Å². The molecule has 2 heteroatoms. The Kier molecular flexibility index (Phi) is 2.90. The summed E-state index contributed by atoms with van der Waals surface area (Å²) in [7, 11) is 4.15. The van der Waals surface area contributed by atoms with Gasteiger partial charge in [-0.1, -0.05) is 19.9 Å². The van der Waals surface area contributed by atoms with E-state index in [9.17, 15) is 0 Å². The highest BCUT2D eigenvalue weighted by atomic mass is 15.0. The smallest absolute Gasteiger partial charge is 0.0538 e. The van der Waals surface area contributed by atoms with Gasteiger partial charge in [0.1, 0.15) is 0 Å². The standard InChI is InChI=1S/C15H22N2/c1-9(2)12-7-8-13(16-5)14-10(3)11(4)17(6)15(12)14/h7-9,16H,1-6H3. The highest BCUT2D eigenvalue weighted by Gasteiger charge is 2.16. The first-order valence-electron chi connectivity index (χ1n) is 6.25. The average molecular weight is 230 g/mol. The molecule has 0 saturated carbocycles. The second kappa shape index (κ2) is 4.10. The normalized spacial score (nSPS) is 11.5. The molecule has 17 heavy (non-hydrogen) atoms. The predicted molar refractivity (Wildman–Crippen MR) is 76.0 cm³/mol. The summed E-state index contributed by atoms with van der Waals surface area (Å²) in [6.45, 7) is 8.92. The number of nitrogens with zero attached hydrogens (tertiary/aromatic N) is 1. The molecule has 92 valence electrons. The summed E-state index contributed by atoms with van der Waals surface area (Å²) in [5.74, 6) is 0.552. The summed E-state index contributed by atoms with van der Waals surface area (Å²) in [4.78, 5) is 0. The molecular formula is C15H22N2. The number of rotatable bonds is 2. The number of nitrogens with one attached hydrogen (secondary N) is 1. The molecule has 0 saturated heterocycles. The zero-order valence-electron chi connectivity index (χ0n) is 11.7. The SMILES string of the molecule is CNc1ccc(C(C)C)c2c1c(C)c(C)n2C. The van der Waals surface area contributed by atoms with Gasteiger partial charge in [-0.25, -0.2) is 0 Å². The van der Waals surface area contributed by atoms with Crippen LogP contribution in [0.1, 0.15) is 36.6 Å². The molecule has 0 aliphatic rings. The molecule has 1 aromatic carbocycles. The topological polar surface area (TPSA) is 17.0 Å². The maximum atomic E-state index is 3.30. The van der Waals surface area contributed by atoms with E-state index < -0.39 is 0 Å². The van der Waals surface area contributed by atoms with Gasteiger partial charge in [-0.15, -0.1) is 0 Å². The minimum Gasteiger partial charge on any atom is -0.388 e. The van der Waals surface area contributed by atoms with Crippen LogP contribution in [0.2, 0.25) is 0 Å². The van der Waals surface area contributed by atoms with E-state index in [1.165, 1.54) is 33.4 Å². The number of fused-ring (bicyclic) bond motifs is 1. The number of aryl methyl sites for hydroxylation is 2. The van der Waals surface area contributed by atoms with E-state index in [-0.39, 0.29) is 0 Å². The number of hydrogen-bond donors (Lipinski definition) is 1. The maximum Gasteiger partial charge on any atom is 0.0538 e. The van der Waals surface area contributed by atoms with Crippen LogP contribution in [0.4, 0.5) is 5.69 Å². The van der Waals surface area contributed by atoms with E-state index in [2.05, 4.69) is 56.8 Å². The molecule has 0 unspecified atom stereocenters. The Morgan fingerprint density at radius 2 is 1.82 bits per heavy atom. The van der Waals surface area contributed by atoms with Gasteiger partial charge in [0.2, 0.25) is 0 Å². The summed E-state index contributed by atoms with van der Waals surface area (Å²) in [5, 5.41) is 4.68. The summed E-state index contributed by atoms with van der Waals surface area (Å²) in [6, 6.07) is 4.45. The molecule has 2 aromatic rings. The van der Waals surface area contributed by atoms with Crippen LogP contribution < -0.4 is 5.32 Å². The summed E-state index contributed by atoms with van der Waals surface area (Å²) < 4.78 is 2.32. The van der Waals surface area contributed by atoms with Crippen LogP contribution in [-0.4, -0.2) is 11.6 Å². The van der Waals surface area contributed by atoms with Gasteiger partial charge >= 0.3 is 0 Å². The van der Waals surface area contributed by atoms with Crippen LogP contribution in [0, 0.1) is 13.8 Å². The molecule has 0 fully saturated rings. The van der Waals surface area contributed by atoms with Crippen molar-refractivity contribution in [2.75, 3.05) is 12.4 Å². The predicted octanol–water partition coefficient (Wildman–Crippen LogP) is 3.96. The van der Waals surface area contributed by atoms with Crippen LogP contribution in [0.5, 0.6) is 0 Å². The van der Waals surface area contributed by atoms with Gasteiger partial charge in [-0.3, -0.25) is 0 Å². The van der Waals surface area contributed by atoms with Crippen molar-refractivity contribution in [1.82, 2.24) is 4.57 Å². The minimum atomic E-state index is 0.552. The highest BCUT2D eigenvalue weighted by molar-refractivity contribution is 5.98. The molecule has 0 spiro atoms. The monoisotopic (exact) mass is 230 g/mol. The van der Waals surface area contributed by atoms with Crippen LogP contribution in [0.15, 0.2) is 12.1 Å². The zero-order valence-corrected chi connectivity index (χ0v) is 11.7. The molecule has 1 N–H and O–H groups in total. The van der Waals surface area contributed by atoms with Crippen LogP contribution in [-0.2, 0) is 7.05 Å².